The molecule has 2 aromatic carbocycles. The molecule has 23 heavy (non-hydrogen) atoms. The molecule has 116 valence electrons. The van der Waals surface area contributed by atoms with E-state index in [-0.39, 0.29) is 12.6 Å². The lowest BCUT2D eigenvalue weighted by atomic mass is 10.2. The first-order valence-corrected chi connectivity index (χ1v) is 7.95. The van der Waals surface area contributed by atoms with Crippen LogP contribution < -0.4 is 4.74 Å². The smallest absolute Gasteiger partial charge is 0.338 e. The van der Waals surface area contributed by atoms with E-state index in [4.69, 9.17) is 9.47 Å². The summed E-state index contributed by atoms with van der Waals surface area (Å²) in [6.45, 7) is 0.161. The number of rotatable bonds is 5. The molecule has 0 aliphatic rings. The third kappa shape index (κ3) is 3.76. The number of methoxy groups -OCH3 is 1. The van der Waals surface area contributed by atoms with Crippen molar-refractivity contribution in [3.8, 4) is 16.3 Å². The van der Waals surface area contributed by atoms with Crippen LogP contribution in [0.1, 0.15) is 16.1 Å². The number of esters is 1. The van der Waals surface area contributed by atoms with Crippen LogP contribution in [0, 0.1) is 0 Å². The second kappa shape index (κ2) is 7.07. The molecule has 0 saturated heterocycles. The predicted octanol–water partition coefficient (Wildman–Crippen LogP) is 4.18. The van der Waals surface area contributed by atoms with Gasteiger partial charge in [-0.1, -0.05) is 30.3 Å². The molecule has 5 heteroatoms. The van der Waals surface area contributed by atoms with Crippen molar-refractivity contribution in [2.24, 2.45) is 0 Å². The Morgan fingerprint density at radius 1 is 1.09 bits per heavy atom. The average molecular weight is 325 g/mol. The topological polar surface area (TPSA) is 48.4 Å². The van der Waals surface area contributed by atoms with Crippen molar-refractivity contribution >= 4 is 17.3 Å². The maximum absolute atomic E-state index is 12.0. The summed E-state index contributed by atoms with van der Waals surface area (Å²) < 4.78 is 10.4. The molecule has 0 aliphatic heterocycles. The molecular formula is C18H15NO3S. The first-order chi connectivity index (χ1) is 11.3. The summed E-state index contributed by atoms with van der Waals surface area (Å²) in [5.41, 5.74) is 2.30. The van der Waals surface area contributed by atoms with Crippen LogP contribution in [0.15, 0.2) is 60.0 Å². The number of ether oxygens (including phenoxy) is 2. The van der Waals surface area contributed by atoms with Crippen molar-refractivity contribution in [1.29, 1.82) is 0 Å². The molecule has 1 aromatic heterocycles. The maximum atomic E-state index is 12.0. The Morgan fingerprint density at radius 3 is 2.52 bits per heavy atom. The van der Waals surface area contributed by atoms with E-state index in [1.165, 1.54) is 11.3 Å². The summed E-state index contributed by atoms with van der Waals surface area (Å²) in [5, 5.41) is 2.82. The minimum atomic E-state index is -0.373. The fraction of sp³-hybridized carbons (Fsp3) is 0.111. The minimum absolute atomic E-state index is 0.161. The lowest BCUT2D eigenvalue weighted by Crippen LogP contribution is -2.05. The van der Waals surface area contributed by atoms with E-state index < -0.39 is 0 Å². The van der Waals surface area contributed by atoms with Crippen molar-refractivity contribution in [1.82, 2.24) is 4.98 Å². The summed E-state index contributed by atoms with van der Waals surface area (Å²) in [6.07, 6.45) is 0. The molecule has 0 saturated carbocycles. The second-order valence-corrected chi connectivity index (χ2v) is 5.67. The highest BCUT2D eigenvalue weighted by Gasteiger charge is 2.10. The molecule has 0 unspecified atom stereocenters. The van der Waals surface area contributed by atoms with Crippen LogP contribution in [-0.2, 0) is 11.3 Å². The monoisotopic (exact) mass is 325 g/mol. The molecule has 0 atom stereocenters. The molecule has 0 spiro atoms. The average Bonchev–Trinajstić information content (AvgIpc) is 3.09. The highest BCUT2D eigenvalue weighted by Crippen LogP contribution is 2.23. The zero-order chi connectivity index (χ0) is 16.1. The molecule has 0 amide bonds. The van der Waals surface area contributed by atoms with Gasteiger partial charge in [-0.15, -0.1) is 11.3 Å². The maximum Gasteiger partial charge on any atom is 0.338 e. The molecule has 1 heterocycles. The van der Waals surface area contributed by atoms with Gasteiger partial charge >= 0.3 is 5.97 Å². The van der Waals surface area contributed by atoms with Gasteiger partial charge in [0.2, 0.25) is 0 Å². The Balaban J connectivity index is 1.62. The van der Waals surface area contributed by atoms with Crippen LogP contribution in [0.3, 0.4) is 0 Å². The van der Waals surface area contributed by atoms with Crippen LogP contribution in [0.5, 0.6) is 5.75 Å². The van der Waals surface area contributed by atoms with E-state index in [1.807, 2.05) is 35.7 Å². The minimum Gasteiger partial charge on any atom is -0.497 e. The quantitative estimate of drug-likeness (QED) is 0.660. The lowest BCUT2D eigenvalue weighted by Gasteiger charge is -2.04. The van der Waals surface area contributed by atoms with E-state index in [1.54, 1.807) is 31.4 Å². The van der Waals surface area contributed by atoms with Gasteiger partial charge in [0, 0.05) is 10.9 Å². The molecule has 0 radical (unpaired) electrons. The first-order valence-electron chi connectivity index (χ1n) is 7.07. The highest BCUT2D eigenvalue weighted by molar-refractivity contribution is 7.13. The molecule has 0 bridgehead atoms. The second-order valence-electron chi connectivity index (χ2n) is 4.81. The Hall–Kier alpha value is -2.66. The highest BCUT2D eigenvalue weighted by atomic mass is 32.1. The van der Waals surface area contributed by atoms with Crippen molar-refractivity contribution in [2.45, 2.75) is 6.61 Å². The largest absolute Gasteiger partial charge is 0.497 e. The number of thiazole rings is 1. The third-order valence-corrected chi connectivity index (χ3v) is 4.19. The van der Waals surface area contributed by atoms with Gasteiger partial charge in [-0.05, 0) is 24.3 Å². The van der Waals surface area contributed by atoms with Gasteiger partial charge < -0.3 is 9.47 Å². The van der Waals surface area contributed by atoms with E-state index in [2.05, 4.69) is 4.98 Å². The normalized spacial score (nSPS) is 10.3. The van der Waals surface area contributed by atoms with E-state index in [0.29, 0.717) is 11.3 Å². The molecular weight excluding hydrogens is 310 g/mol. The molecule has 0 fully saturated rings. The summed E-state index contributed by atoms with van der Waals surface area (Å²) in [4.78, 5) is 16.5. The summed E-state index contributed by atoms with van der Waals surface area (Å²) in [7, 11) is 1.58. The Labute approximate surface area is 138 Å². The van der Waals surface area contributed by atoms with Crippen molar-refractivity contribution in [3.63, 3.8) is 0 Å². The van der Waals surface area contributed by atoms with E-state index in [0.717, 1.165) is 16.3 Å². The Kier molecular flexibility index (Phi) is 4.68. The number of carbonyl (C=O) groups excluding carboxylic acids is 1. The predicted molar refractivity (Wildman–Crippen MR) is 89.7 cm³/mol. The van der Waals surface area contributed by atoms with E-state index in [9.17, 15) is 4.79 Å². The van der Waals surface area contributed by atoms with Crippen LogP contribution in [0.2, 0.25) is 0 Å². The van der Waals surface area contributed by atoms with Crippen LogP contribution in [-0.4, -0.2) is 18.1 Å². The third-order valence-electron chi connectivity index (χ3n) is 3.25. The van der Waals surface area contributed by atoms with Crippen molar-refractivity contribution in [2.75, 3.05) is 7.11 Å². The number of hydrogen-bond donors (Lipinski definition) is 0. The van der Waals surface area contributed by atoms with Crippen LogP contribution in [0.25, 0.3) is 10.6 Å². The number of hydrogen-bond acceptors (Lipinski definition) is 5. The van der Waals surface area contributed by atoms with Gasteiger partial charge in [0.25, 0.3) is 0 Å². The molecule has 3 aromatic rings. The van der Waals surface area contributed by atoms with Crippen molar-refractivity contribution < 1.29 is 14.3 Å². The standard InChI is InChI=1S/C18H15NO3S/c1-21-16-9-7-14(8-10-16)18(20)22-11-15-12-23-17(19-15)13-5-3-2-4-6-13/h2-10,12H,11H2,1H3. The first kappa shape index (κ1) is 15.2. The molecule has 3 rings (SSSR count). The number of carbonyl (C=O) groups is 1. The number of aromatic nitrogens is 1. The fourth-order valence-electron chi connectivity index (χ4n) is 2.04. The Morgan fingerprint density at radius 2 is 1.83 bits per heavy atom. The summed E-state index contributed by atoms with van der Waals surface area (Å²) in [6, 6.07) is 16.7. The van der Waals surface area contributed by atoms with Gasteiger partial charge in [-0.3, -0.25) is 0 Å². The van der Waals surface area contributed by atoms with Gasteiger partial charge in [0.15, 0.2) is 0 Å². The molecule has 0 aliphatic carbocycles. The van der Waals surface area contributed by atoms with Gasteiger partial charge in [-0.2, -0.15) is 0 Å². The molecule has 0 N–H and O–H groups in total. The zero-order valence-electron chi connectivity index (χ0n) is 12.6. The van der Waals surface area contributed by atoms with Crippen LogP contribution >= 0.6 is 11.3 Å². The van der Waals surface area contributed by atoms with Crippen molar-refractivity contribution in [3.05, 3.63) is 71.2 Å². The Bertz CT molecular complexity index is 782. The van der Waals surface area contributed by atoms with Gasteiger partial charge in [-0.25, -0.2) is 9.78 Å². The number of nitrogens with zero attached hydrogens (tertiary/aromatic N) is 1. The van der Waals surface area contributed by atoms with Gasteiger partial charge in [0.1, 0.15) is 17.4 Å². The van der Waals surface area contributed by atoms with Crippen LogP contribution in [0.4, 0.5) is 0 Å². The molecule has 4 nitrogen and oxygen atoms in total. The van der Waals surface area contributed by atoms with E-state index >= 15 is 0 Å². The summed E-state index contributed by atoms with van der Waals surface area (Å²) in [5.74, 6) is 0.329. The SMILES string of the molecule is COc1ccc(C(=O)OCc2csc(-c3ccccc3)n2)cc1. The lowest BCUT2D eigenvalue weighted by molar-refractivity contribution is 0.0468. The van der Waals surface area contributed by atoms with Gasteiger partial charge in [0.05, 0.1) is 18.4 Å². The number of benzene rings is 2. The zero-order valence-corrected chi connectivity index (χ0v) is 13.4. The fourth-order valence-corrected chi connectivity index (χ4v) is 2.85. The summed E-state index contributed by atoms with van der Waals surface area (Å²) >= 11 is 1.54.